The van der Waals surface area contributed by atoms with Crippen molar-refractivity contribution >= 4 is 47.1 Å². The van der Waals surface area contributed by atoms with Crippen LogP contribution in [0.3, 0.4) is 0 Å². The summed E-state index contributed by atoms with van der Waals surface area (Å²) in [5.41, 5.74) is 0.938. The number of rotatable bonds is 4. The number of hydrogen-bond acceptors (Lipinski definition) is 3. The number of thiophene rings is 1. The largest absolute Gasteiger partial charge is 0.260 e. The van der Waals surface area contributed by atoms with Crippen LogP contribution in [0.1, 0.15) is 10.6 Å². The fourth-order valence-electron chi connectivity index (χ4n) is 1.17. The molecule has 2 heterocycles. The second kappa shape index (κ2) is 7.17. The van der Waals surface area contributed by atoms with Crippen molar-refractivity contribution in [1.29, 1.82) is 0 Å². The van der Waals surface area contributed by atoms with E-state index in [0.29, 0.717) is 5.88 Å². The summed E-state index contributed by atoms with van der Waals surface area (Å²) in [5.74, 6) is 1.50. The molecule has 0 fully saturated rings. The molecule has 0 atom stereocenters. The van der Waals surface area contributed by atoms with Crippen molar-refractivity contribution in [3.05, 3.63) is 46.4 Å². The topological polar surface area (TPSA) is 12.9 Å². The molecule has 0 aliphatic carbocycles. The minimum Gasteiger partial charge on any atom is -0.260 e. The van der Waals surface area contributed by atoms with Gasteiger partial charge >= 0.3 is 0 Å². The monoisotopic (exact) mass is 291 g/mol. The van der Waals surface area contributed by atoms with Crippen molar-refractivity contribution in [2.24, 2.45) is 0 Å². The Morgan fingerprint density at radius 3 is 2.94 bits per heavy atom. The third-order valence-electron chi connectivity index (χ3n) is 1.89. The molecule has 0 radical (unpaired) electrons. The predicted molar refractivity (Wildman–Crippen MR) is 74.9 cm³/mol. The van der Waals surface area contributed by atoms with E-state index in [0.717, 1.165) is 11.4 Å². The van der Waals surface area contributed by atoms with Gasteiger partial charge in [0, 0.05) is 21.7 Å². The van der Waals surface area contributed by atoms with Gasteiger partial charge in [0.2, 0.25) is 0 Å². The minimum atomic E-state index is 0. The van der Waals surface area contributed by atoms with Crippen LogP contribution >= 0.6 is 47.1 Å². The number of aromatic nitrogens is 1. The highest BCUT2D eigenvalue weighted by molar-refractivity contribution is 7.98. The lowest BCUT2D eigenvalue weighted by Gasteiger charge is -2.01. The van der Waals surface area contributed by atoms with Crippen molar-refractivity contribution < 1.29 is 0 Å². The normalized spacial score (nSPS) is 9.81. The summed E-state index contributed by atoms with van der Waals surface area (Å²) in [4.78, 5) is 6.78. The molecule has 1 nitrogen and oxygen atoms in total. The van der Waals surface area contributed by atoms with Crippen molar-refractivity contribution in [1.82, 2.24) is 4.98 Å². The van der Waals surface area contributed by atoms with Gasteiger partial charge in [-0.1, -0.05) is 6.07 Å². The van der Waals surface area contributed by atoms with E-state index < -0.39 is 0 Å². The molecular formula is C11H11Cl2NS2. The van der Waals surface area contributed by atoms with Gasteiger partial charge in [-0.05, 0) is 23.6 Å². The molecule has 0 amide bonds. The predicted octanol–water partition coefficient (Wildman–Crippen LogP) is 4.60. The summed E-state index contributed by atoms with van der Waals surface area (Å²) in [5, 5.41) is 2.10. The Balaban J connectivity index is 0.00000128. The average Bonchev–Trinajstić information content (AvgIpc) is 2.79. The van der Waals surface area contributed by atoms with Gasteiger partial charge in [0.15, 0.2) is 0 Å². The summed E-state index contributed by atoms with van der Waals surface area (Å²) in [7, 11) is 0. The maximum Gasteiger partial charge on any atom is 0.0647 e. The van der Waals surface area contributed by atoms with Crippen LogP contribution in [0.4, 0.5) is 0 Å². The van der Waals surface area contributed by atoms with Crippen LogP contribution in [-0.4, -0.2) is 4.98 Å². The van der Waals surface area contributed by atoms with Gasteiger partial charge in [0.1, 0.15) is 0 Å². The lowest BCUT2D eigenvalue weighted by Crippen LogP contribution is -1.84. The van der Waals surface area contributed by atoms with Crippen LogP contribution in [-0.2, 0) is 11.6 Å². The third kappa shape index (κ3) is 3.98. The maximum atomic E-state index is 5.73. The first-order valence-corrected chi connectivity index (χ1v) is 6.94. The lowest BCUT2D eigenvalue weighted by atomic mass is 10.4. The van der Waals surface area contributed by atoms with Crippen LogP contribution in [0.5, 0.6) is 0 Å². The standard InChI is InChI=1S/C11H10ClNS2.ClH/c12-7-9-6-10(3-4-13-9)15-8-11-2-1-5-14-11;/h1-6H,7-8H2;1H. The Bertz CT molecular complexity index is 418. The minimum absolute atomic E-state index is 0. The highest BCUT2D eigenvalue weighted by Crippen LogP contribution is 2.25. The number of nitrogens with zero attached hydrogens (tertiary/aromatic N) is 1. The Labute approximate surface area is 115 Å². The van der Waals surface area contributed by atoms with Gasteiger partial charge in [-0.15, -0.1) is 47.1 Å². The van der Waals surface area contributed by atoms with Gasteiger partial charge in [-0.2, -0.15) is 0 Å². The van der Waals surface area contributed by atoms with E-state index in [1.807, 2.05) is 30.1 Å². The summed E-state index contributed by atoms with van der Waals surface area (Å²) in [6, 6.07) is 8.30. The van der Waals surface area contributed by atoms with E-state index in [9.17, 15) is 0 Å². The number of pyridine rings is 1. The van der Waals surface area contributed by atoms with Gasteiger partial charge in [0.05, 0.1) is 11.6 Å². The first-order valence-electron chi connectivity index (χ1n) is 4.54. The summed E-state index contributed by atoms with van der Waals surface area (Å²) >= 11 is 9.34. The number of thioether (sulfide) groups is 1. The zero-order chi connectivity index (χ0) is 10.5. The fourth-order valence-corrected chi connectivity index (χ4v) is 3.03. The van der Waals surface area contributed by atoms with Crippen LogP contribution in [0.15, 0.2) is 40.7 Å². The van der Waals surface area contributed by atoms with E-state index in [1.165, 1.54) is 9.77 Å². The Hall–Kier alpha value is -0.220. The summed E-state index contributed by atoms with van der Waals surface area (Å²) < 4.78 is 0. The molecule has 0 saturated carbocycles. The van der Waals surface area contributed by atoms with E-state index >= 15 is 0 Å². The van der Waals surface area contributed by atoms with E-state index in [1.54, 1.807) is 11.3 Å². The molecule has 2 aromatic rings. The number of alkyl halides is 1. The highest BCUT2D eigenvalue weighted by Gasteiger charge is 1.99. The Kier molecular flexibility index (Phi) is 6.21. The molecule has 0 bridgehead atoms. The molecule has 0 spiro atoms. The van der Waals surface area contributed by atoms with Gasteiger partial charge in [-0.25, -0.2) is 0 Å². The van der Waals surface area contributed by atoms with Gasteiger partial charge in [0.25, 0.3) is 0 Å². The fraction of sp³-hybridized carbons (Fsp3) is 0.182. The molecular weight excluding hydrogens is 281 g/mol. The van der Waals surface area contributed by atoms with Crippen molar-refractivity contribution in [2.45, 2.75) is 16.5 Å². The van der Waals surface area contributed by atoms with E-state index in [-0.39, 0.29) is 12.4 Å². The molecule has 0 aromatic carbocycles. The molecule has 16 heavy (non-hydrogen) atoms. The Morgan fingerprint density at radius 1 is 1.38 bits per heavy atom. The van der Waals surface area contributed by atoms with Crippen LogP contribution in [0.25, 0.3) is 0 Å². The quantitative estimate of drug-likeness (QED) is 0.603. The molecule has 0 aliphatic heterocycles. The summed E-state index contributed by atoms with van der Waals surface area (Å²) in [6.07, 6.45) is 1.81. The zero-order valence-electron chi connectivity index (χ0n) is 8.43. The average molecular weight is 292 g/mol. The number of hydrogen-bond donors (Lipinski definition) is 0. The smallest absolute Gasteiger partial charge is 0.0647 e. The van der Waals surface area contributed by atoms with Crippen molar-refractivity contribution in [3.8, 4) is 0 Å². The summed E-state index contributed by atoms with van der Waals surface area (Å²) in [6.45, 7) is 0. The van der Waals surface area contributed by atoms with E-state index in [2.05, 4.69) is 22.5 Å². The first kappa shape index (κ1) is 13.8. The molecule has 0 saturated heterocycles. The highest BCUT2D eigenvalue weighted by atomic mass is 35.5. The zero-order valence-corrected chi connectivity index (χ0v) is 11.6. The molecule has 5 heteroatoms. The number of halogens is 2. The van der Waals surface area contributed by atoms with Crippen LogP contribution < -0.4 is 0 Å². The van der Waals surface area contributed by atoms with Gasteiger partial charge in [-0.3, -0.25) is 4.98 Å². The second-order valence-electron chi connectivity index (χ2n) is 2.98. The van der Waals surface area contributed by atoms with Crippen molar-refractivity contribution in [2.75, 3.05) is 0 Å². The third-order valence-corrected chi connectivity index (χ3v) is 4.26. The molecule has 86 valence electrons. The second-order valence-corrected chi connectivity index (χ2v) is 5.33. The Morgan fingerprint density at radius 2 is 2.25 bits per heavy atom. The SMILES string of the molecule is Cl.ClCc1cc(SCc2cccs2)ccn1. The first-order chi connectivity index (χ1) is 7.38. The van der Waals surface area contributed by atoms with Crippen LogP contribution in [0.2, 0.25) is 0 Å². The van der Waals surface area contributed by atoms with Crippen LogP contribution in [0, 0.1) is 0 Å². The molecule has 0 aliphatic rings. The van der Waals surface area contributed by atoms with Gasteiger partial charge < -0.3 is 0 Å². The molecule has 2 rings (SSSR count). The lowest BCUT2D eigenvalue weighted by molar-refractivity contribution is 1.13. The molecule has 0 unspecified atom stereocenters. The maximum absolute atomic E-state index is 5.73. The molecule has 2 aromatic heterocycles. The van der Waals surface area contributed by atoms with E-state index in [4.69, 9.17) is 11.6 Å². The van der Waals surface area contributed by atoms with Crippen molar-refractivity contribution in [3.63, 3.8) is 0 Å². The molecule has 0 N–H and O–H groups in total.